The van der Waals surface area contributed by atoms with Crippen LogP contribution in [0.25, 0.3) is 22.3 Å². The minimum atomic E-state index is 0.512. The average Bonchev–Trinajstić information content (AvgIpc) is 3.15. The summed E-state index contributed by atoms with van der Waals surface area (Å²) in [6.07, 6.45) is 0.845. The van der Waals surface area contributed by atoms with Crippen LogP contribution in [0.3, 0.4) is 0 Å². The summed E-state index contributed by atoms with van der Waals surface area (Å²) >= 11 is 14.4. The number of fused-ring (bicyclic) bond motifs is 1. The molecule has 0 aliphatic rings. The van der Waals surface area contributed by atoms with Crippen LogP contribution in [-0.2, 0) is 17.0 Å². The lowest BCUT2D eigenvalue weighted by molar-refractivity contribution is 0.189. The van der Waals surface area contributed by atoms with E-state index in [2.05, 4.69) is 25.8 Å². The van der Waals surface area contributed by atoms with Crippen LogP contribution in [0.5, 0.6) is 0 Å². The van der Waals surface area contributed by atoms with Gasteiger partial charge in [0.25, 0.3) is 0 Å². The molecule has 8 heteroatoms. The molecule has 2 aromatic carbocycles. The van der Waals surface area contributed by atoms with Gasteiger partial charge >= 0.3 is 0 Å². The number of pyridine rings is 1. The molecule has 4 aromatic rings. The summed E-state index contributed by atoms with van der Waals surface area (Å²) in [4.78, 5) is 4.51. The van der Waals surface area contributed by atoms with Crippen molar-refractivity contribution in [1.29, 1.82) is 0 Å². The molecule has 30 heavy (non-hydrogen) atoms. The van der Waals surface area contributed by atoms with Gasteiger partial charge in [0.15, 0.2) is 11.0 Å². The Kier molecular flexibility index (Phi) is 6.89. The fraction of sp³-hybridized carbons (Fsp3) is 0.227. The Morgan fingerprint density at radius 1 is 1.03 bits per heavy atom. The minimum absolute atomic E-state index is 0.512. The average molecular weight is 459 g/mol. The number of hydrogen-bond acceptors (Lipinski definition) is 5. The normalized spacial score (nSPS) is 11.3. The van der Waals surface area contributed by atoms with Gasteiger partial charge in [-0.05, 0) is 30.7 Å². The summed E-state index contributed by atoms with van der Waals surface area (Å²) in [6.45, 7) is 1.39. The van der Waals surface area contributed by atoms with Crippen LogP contribution in [-0.4, -0.2) is 33.5 Å². The number of para-hydroxylation sites is 1. The van der Waals surface area contributed by atoms with Gasteiger partial charge in [-0.3, -0.25) is 0 Å². The van der Waals surface area contributed by atoms with Gasteiger partial charge in [0, 0.05) is 42.5 Å². The SMILES string of the molecule is COCCCn1c(SCc2cc3ccccc3nc2Cl)nnc1-c1ccccc1Cl. The first kappa shape index (κ1) is 21.1. The number of aromatic nitrogens is 4. The van der Waals surface area contributed by atoms with E-state index in [1.807, 2.05) is 48.5 Å². The predicted molar refractivity (Wildman–Crippen MR) is 123 cm³/mol. The van der Waals surface area contributed by atoms with Gasteiger partial charge in [0.1, 0.15) is 5.15 Å². The van der Waals surface area contributed by atoms with E-state index in [0.29, 0.717) is 22.5 Å². The Morgan fingerprint density at radius 2 is 1.83 bits per heavy atom. The van der Waals surface area contributed by atoms with Crippen LogP contribution >= 0.6 is 35.0 Å². The number of benzene rings is 2. The molecule has 154 valence electrons. The molecule has 0 fully saturated rings. The molecule has 0 radical (unpaired) electrons. The molecule has 0 saturated carbocycles. The van der Waals surface area contributed by atoms with Gasteiger partial charge in [-0.25, -0.2) is 4.98 Å². The number of rotatable bonds is 8. The highest BCUT2D eigenvalue weighted by molar-refractivity contribution is 7.98. The Balaban J connectivity index is 1.62. The molecule has 0 aliphatic carbocycles. The molecule has 0 unspecified atom stereocenters. The zero-order valence-electron chi connectivity index (χ0n) is 16.4. The van der Waals surface area contributed by atoms with Gasteiger partial charge in [0.2, 0.25) is 0 Å². The molecule has 0 N–H and O–H groups in total. The number of ether oxygens (including phenoxy) is 1. The number of thioether (sulfide) groups is 1. The second kappa shape index (κ2) is 9.79. The maximum Gasteiger partial charge on any atom is 0.191 e. The van der Waals surface area contributed by atoms with Crippen molar-refractivity contribution < 1.29 is 4.74 Å². The van der Waals surface area contributed by atoms with Gasteiger partial charge in [-0.15, -0.1) is 10.2 Å². The molecule has 0 spiro atoms. The third-order valence-electron chi connectivity index (χ3n) is 4.67. The van der Waals surface area contributed by atoms with E-state index >= 15 is 0 Å². The molecule has 0 amide bonds. The Morgan fingerprint density at radius 3 is 2.67 bits per heavy atom. The van der Waals surface area contributed by atoms with E-state index in [4.69, 9.17) is 27.9 Å². The van der Waals surface area contributed by atoms with Crippen molar-refractivity contribution in [2.24, 2.45) is 0 Å². The molecule has 5 nitrogen and oxygen atoms in total. The van der Waals surface area contributed by atoms with Gasteiger partial charge < -0.3 is 9.30 Å². The zero-order chi connectivity index (χ0) is 20.9. The fourth-order valence-corrected chi connectivity index (χ4v) is 4.63. The van der Waals surface area contributed by atoms with Crippen LogP contribution in [0.15, 0.2) is 59.8 Å². The van der Waals surface area contributed by atoms with Crippen molar-refractivity contribution in [3.05, 3.63) is 70.3 Å². The third-order valence-corrected chi connectivity index (χ3v) is 6.34. The topological polar surface area (TPSA) is 52.8 Å². The van der Waals surface area contributed by atoms with Crippen LogP contribution in [0.1, 0.15) is 12.0 Å². The summed E-state index contributed by atoms with van der Waals surface area (Å²) in [5.41, 5.74) is 2.72. The summed E-state index contributed by atoms with van der Waals surface area (Å²) in [5, 5.41) is 11.9. The van der Waals surface area contributed by atoms with E-state index in [0.717, 1.165) is 46.0 Å². The molecule has 0 aliphatic heterocycles. The van der Waals surface area contributed by atoms with Crippen LogP contribution < -0.4 is 0 Å². The number of halogens is 2. The van der Waals surface area contributed by atoms with Gasteiger partial charge in [0.05, 0.1) is 10.5 Å². The molecule has 0 saturated heterocycles. The maximum atomic E-state index is 6.43. The number of nitrogens with zero attached hydrogens (tertiary/aromatic N) is 4. The molecule has 2 aromatic heterocycles. The Hall–Kier alpha value is -2.12. The lowest BCUT2D eigenvalue weighted by atomic mass is 10.2. The summed E-state index contributed by atoms with van der Waals surface area (Å²) < 4.78 is 7.31. The molecule has 4 rings (SSSR count). The first-order valence-corrected chi connectivity index (χ1v) is 11.3. The standard InChI is InChI=1S/C22H20Cl2N4OS/c1-29-12-6-11-28-21(17-8-3-4-9-18(17)23)26-27-22(28)30-14-16-13-15-7-2-5-10-19(15)25-20(16)24/h2-5,7-10,13H,6,11-12,14H2,1H3. The summed E-state index contributed by atoms with van der Waals surface area (Å²) in [5.74, 6) is 1.39. The molecule has 0 atom stereocenters. The van der Waals surface area contributed by atoms with Crippen molar-refractivity contribution in [2.45, 2.75) is 23.9 Å². The first-order valence-electron chi connectivity index (χ1n) is 9.51. The van der Waals surface area contributed by atoms with Crippen LogP contribution in [0.4, 0.5) is 0 Å². The summed E-state index contributed by atoms with van der Waals surface area (Å²) in [7, 11) is 1.70. The lowest BCUT2D eigenvalue weighted by Gasteiger charge is -2.11. The highest BCUT2D eigenvalue weighted by Gasteiger charge is 2.17. The highest BCUT2D eigenvalue weighted by atomic mass is 35.5. The predicted octanol–water partition coefficient (Wildman–Crippen LogP) is 6.13. The zero-order valence-corrected chi connectivity index (χ0v) is 18.7. The molecule has 2 heterocycles. The second-order valence-corrected chi connectivity index (χ2v) is 8.41. The minimum Gasteiger partial charge on any atom is -0.385 e. The van der Waals surface area contributed by atoms with Crippen LogP contribution in [0.2, 0.25) is 10.2 Å². The molecular formula is C22H20Cl2N4OS. The number of hydrogen-bond donors (Lipinski definition) is 0. The first-order chi connectivity index (χ1) is 14.7. The lowest BCUT2D eigenvalue weighted by Crippen LogP contribution is -2.05. The van der Waals surface area contributed by atoms with Gasteiger partial charge in [-0.2, -0.15) is 0 Å². The van der Waals surface area contributed by atoms with E-state index < -0.39 is 0 Å². The Bertz CT molecular complexity index is 1170. The van der Waals surface area contributed by atoms with Crippen molar-refractivity contribution in [3.63, 3.8) is 0 Å². The fourth-order valence-electron chi connectivity index (χ4n) is 3.19. The smallest absolute Gasteiger partial charge is 0.191 e. The monoisotopic (exact) mass is 458 g/mol. The van der Waals surface area contributed by atoms with Gasteiger partial charge in [-0.1, -0.05) is 65.3 Å². The largest absolute Gasteiger partial charge is 0.385 e. The van der Waals surface area contributed by atoms with Crippen molar-refractivity contribution in [2.75, 3.05) is 13.7 Å². The van der Waals surface area contributed by atoms with E-state index in [1.54, 1.807) is 18.9 Å². The quantitative estimate of drug-likeness (QED) is 0.180. The number of methoxy groups -OCH3 is 1. The maximum absolute atomic E-state index is 6.43. The highest BCUT2D eigenvalue weighted by Crippen LogP contribution is 2.32. The Labute approximate surface area is 189 Å². The second-order valence-electron chi connectivity index (χ2n) is 6.70. The van der Waals surface area contributed by atoms with Crippen molar-refractivity contribution in [1.82, 2.24) is 19.7 Å². The van der Waals surface area contributed by atoms with E-state index in [1.165, 1.54) is 0 Å². The van der Waals surface area contributed by atoms with Crippen LogP contribution in [0, 0.1) is 0 Å². The van der Waals surface area contributed by atoms with Crippen molar-refractivity contribution >= 4 is 45.9 Å². The molecular weight excluding hydrogens is 439 g/mol. The van der Waals surface area contributed by atoms with Crippen molar-refractivity contribution in [3.8, 4) is 11.4 Å². The van der Waals surface area contributed by atoms with E-state index in [-0.39, 0.29) is 0 Å². The summed E-state index contributed by atoms with van der Waals surface area (Å²) in [6, 6.07) is 17.7. The third kappa shape index (κ3) is 4.62. The molecule has 0 bridgehead atoms. The van der Waals surface area contributed by atoms with E-state index in [9.17, 15) is 0 Å².